The van der Waals surface area contributed by atoms with Crippen molar-refractivity contribution in [3.63, 3.8) is 0 Å². The predicted molar refractivity (Wildman–Crippen MR) is 116 cm³/mol. The van der Waals surface area contributed by atoms with Crippen molar-refractivity contribution < 1.29 is 17.9 Å². The lowest BCUT2D eigenvalue weighted by Crippen LogP contribution is -2.46. The molecule has 30 heavy (non-hydrogen) atoms. The predicted octanol–water partition coefficient (Wildman–Crippen LogP) is 3.50. The molecule has 6 nitrogen and oxygen atoms in total. The van der Waals surface area contributed by atoms with E-state index in [2.05, 4.69) is 5.32 Å². The van der Waals surface area contributed by atoms with Crippen molar-refractivity contribution in [1.29, 1.82) is 0 Å². The number of hydrogen-bond donors (Lipinski definition) is 1. The number of carbonyl (C=O) groups is 1. The Kier molecular flexibility index (Phi) is 5.73. The third kappa shape index (κ3) is 4.03. The number of sulfonamides is 1. The molecule has 2 fully saturated rings. The number of para-hydroxylation sites is 2. The summed E-state index contributed by atoms with van der Waals surface area (Å²) in [7, 11) is -2.46. The molecule has 0 saturated heterocycles. The number of amides is 1. The molecule has 7 heteroatoms. The number of methoxy groups -OCH3 is 1. The van der Waals surface area contributed by atoms with Crippen LogP contribution in [0, 0.1) is 18.8 Å². The lowest BCUT2D eigenvalue weighted by Gasteiger charge is -2.28. The number of rotatable bonds is 7. The van der Waals surface area contributed by atoms with Crippen molar-refractivity contribution in [1.82, 2.24) is 5.32 Å². The van der Waals surface area contributed by atoms with Gasteiger partial charge in [0.05, 0.1) is 17.7 Å². The Morgan fingerprint density at radius 1 is 1.10 bits per heavy atom. The van der Waals surface area contributed by atoms with E-state index in [4.69, 9.17) is 4.74 Å². The highest BCUT2D eigenvalue weighted by Gasteiger charge is 2.40. The molecule has 0 unspecified atom stereocenters. The SMILES string of the molecule is COc1ccccc1N(CC(=O)N[C@@H]1C[C@H]2CC[C@@H]1C2)S(=O)(=O)c1ccc(C)cc1. The van der Waals surface area contributed by atoms with Crippen LogP contribution in [0.25, 0.3) is 0 Å². The third-order valence-corrected chi connectivity index (χ3v) is 8.11. The monoisotopic (exact) mass is 428 g/mol. The Morgan fingerprint density at radius 2 is 1.83 bits per heavy atom. The van der Waals surface area contributed by atoms with E-state index in [1.165, 1.54) is 20.0 Å². The zero-order valence-electron chi connectivity index (χ0n) is 17.4. The van der Waals surface area contributed by atoms with Crippen molar-refractivity contribution in [2.75, 3.05) is 18.0 Å². The first-order valence-corrected chi connectivity index (χ1v) is 11.8. The molecule has 0 aromatic heterocycles. The fraction of sp³-hybridized carbons (Fsp3) is 0.435. The fourth-order valence-electron chi connectivity index (χ4n) is 4.78. The van der Waals surface area contributed by atoms with Gasteiger partial charge in [0.2, 0.25) is 5.91 Å². The molecule has 160 valence electrons. The molecule has 0 spiro atoms. The molecule has 3 atom stereocenters. The van der Waals surface area contributed by atoms with Gasteiger partial charge in [0, 0.05) is 6.04 Å². The van der Waals surface area contributed by atoms with Gasteiger partial charge in [-0.3, -0.25) is 9.10 Å². The molecule has 2 aliphatic rings. The Bertz CT molecular complexity index is 1020. The number of ether oxygens (including phenoxy) is 1. The van der Waals surface area contributed by atoms with E-state index in [0.29, 0.717) is 23.3 Å². The number of hydrogen-bond acceptors (Lipinski definition) is 4. The van der Waals surface area contributed by atoms with E-state index < -0.39 is 10.0 Å². The minimum Gasteiger partial charge on any atom is -0.495 e. The number of nitrogens with one attached hydrogen (secondary N) is 1. The van der Waals surface area contributed by atoms with Gasteiger partial charge in [0.1, 0.15) is 12.3 Å². The van der Waals surface area contributed by atoms with E-state index in [1.807, 2.05) is 6.92 Å². The summed E-state index contributed by atoms with van der Waals surface area (Å²) in [4.78, 5) is 13.1. The highest BCUT2D eigenvalue weighted by molar-refractivity contribution is 7.92. The summed E-state index contributed by atoms with van der Waals surface area (Å²) in [5.41, 5.74) is 1.32. The highest BCUT2D eigenvalue weighted by Crippen LogP contribution is 2.44. The van der Waals surface area contributed by atoms with E-state index in [1.54, 1.807) is 48.5 Å². The summed E-state index contributed by atoms with van der Waals surface area (Å²) >= 11 is 0. The van der Waals surface area contributed by atoms with Gasteiger partial charge in [0.15, 0.2) is 0 Å². The van der Waals surface area contributed by atoms with E-state index in [-0.39, 0.29) is 23.4 Å². The number of aryl methyl sites for hydroxylation is 1. The molecule has 1 amide bonds. The molecule has 4 rings (SSSR count). The van der Waals surface area contributed by atoms with Crippen molar-refractivity contribution in [3.05, 3.63) is 54.1 Å². The van der Waals surface area contributed by atoms with Crippen molar-refractivity contribution >= 4 is 21.6 Å². The summed E-state index contributed by atoms with van der Waals surface area (Å²) < 4.78 is 33.6. The van der Waals surface area contributed by atoms with Crippen LogP contribution in [0.3, 0.4) is 0 Å². The van der Waals surface area contributed by atoms with E-state index in [9.17, 15) is 13.2 Å². The summed E-state index contributed by atoms with van der Waals surface area (Å²) in [6.07, 6.45) is 4.55. The molecule has 2 saturated carbocycles. The minimum atomic E-state index is -3.95. The largest absolute Gasteiger partial charge is 0.495 e. The average Bonchev–Trinajstić information content (AvgIpc) is 3.35. The van der Waals surface area contributed by atoms with E-state index in [0.717, 1.165) is 22.7 Å². The quantitative estimate of drug-likeness (QED) is 0.732. The summed E-state index contributed by atoms with van der Waals surface area (Å²) in [5.74, 6) is 1.34. The van der Waals surface area contributed by atoms with Gasteiger partial charge in [-0.05, 0) is 62.3 Å². The van der Waals surface area contributed by atoms with Crippen LogP contribution in [-0.2, 0) is 14.8 Å². The van der Waals surface area contributed by atoms with Crippen molar-refractivity contribution in [2.24, 2.45) is 11.8 Å². The smallest absolute Gasteiger partial charge is 0.264 e. The van der Waals surface area contributed by atoms with Gasteiger partial charge >= 0.3 is 0 Å². The molecule has 0 radical (unpaired) electrons. The standard InChI is InChI=1S/C23H28N2O4S/c1-16-7-11-19(12-8-16)30(27,28)25(21-5-3-4-6-22(21)29-2)15-23(26)24-20-14-17-9-10-18(20)13-17/h3-8,11-12,17-18,20H,9-10,13-15H2,1-2H3,(H,24,26)/t17-,18+,20+/m0/s1. The zero-order valence-corrected chi connectivity index (χ0v) is 18.2. The van der Waals surface area contributed by atoms with Crippen molar-refractivity contribution in [2.45, 2.75) is 43.5 Å². The van der Waals surface area contributed by atoms with Crippen molar-refractivity contribution in [3.8, 4) is 5.75 Å². The van der Waals surface area contributed by atoms with Gasteiger partial charge in [-0.2, -0.15) is 0 Å². The van der Waals surface area contributed by atoms with Gasteiger partial charge < -0.3 is 10.1 Å². The molecular weight excluding hydrogens is 400 g/mol. The van der Waals surface area contributed by atoms with Crippen LogP contribution in [0.2, 0.25) is 0 Å². The topological polar surface area (TPSA) is 75.7 Å². The molecule has 0 heterocycles. The van der Waals surface area contributed by atoms with Gasteiger partial charge in [-0.25, -0.2) is 8.42 Å². The molecule has 0 aliphatic heterocycles. The maximum atomic E-state index is 13.5. The fourth-order valence-corrected chi connectivity index (χ4v) is 6.21. The lowest BCUT2D eigenvalue weighted by molar-refractivity contribution is -0.120. The minimum absolute atomic E-state index is 0.145. The highest BCUT2D eigenvalue weighted by atomic mass is 32.2. The van der Waals surface area contributed by atoms with Crippen LogP contribution in [-0.4, -0.2) is 34.0 Å². The Balaban J connectivity index is 1.63. The molecule has 2 aromatic rings. The zero-order chi connectivity index (χ0) is 21.3. The molecular formula is C23H28N2O4S. The normalized spacial score (nSPS) is 22.7. The van der Waals surface area contributed by atoms with E-state index >= 15 is 0 Å². The molecule has 2 bridgehead atoms. The molecule has 1 N–H and O–H groups in total. The second-order valence-corrected chi connectivity index (χ2v) is 10.2. The van der Waals surface area contributed by atoms with Gasteiger partial charge in [0.25, 0.3) is 10.0 Å². The maximum Gasteiger partial charge on any atom is 0.264 e. The maximum absolute atomic E-state index is 13.5. The summed E-state index contributed by atoms with van der Waals surface area (Å²) in [6, 6.07) is 13.7. The summed E-state index contributed by atoms with van der Waals surface area (Å²) in [6.45, 7) is 1.61. The van der Waals surface area contributed by atoms with Crippen LogP contribution in [0.15, 0.2) is 53.4 Å². The Labute approximate surface area is 178 Å². The average molecular weight is 429 g/mol. The lowest BCUT2D eigenvalue weighted by atomic mass is 9.95. The van der Waals surface area contributed by atoms with Crippen LogP contribution in [0.1, 0.15) is 31.2 Å². The number of carbonyl (C=O) groups excluding carboxylic acids is 1. The Hall–Kier alpha value is -2.54. The van der Waals surface area contributed by atoms with Gasteiger partial charge in [-0.1, -0.05) is 36.2 Å². The number of nitrogens with zero attached hydrogens (tertiary/aromatic N) is 1. The Morgan fingerprint density at radius 3 is 2.47 bits per heavy atom. The molecule has 2 aromatic carbocycles. The number of anilines is 1. The third-order valence-electron chi connectivity index (χ3n) is 6.33. The first-order valence-electron chi connectivity index (χ1n) is 10.4. The first-order chi connectivity index (χ1) is 14.4. The first kappa shape index (κ1) is 20.7. The molecule has 2 aliphatic carbocycles. The summed E-state index contributed by atoms with van der Waals surface area (Å²) in [5, 5.41) is 3.09. The number of benzene rings is 2. The number of fused-ring (bicyclic) bond motifs is 2. The van der Waals surface area contributed by atoms with Crippen LogP contribution in [0.5, 0.6) is 5.75 Å². The second kappa shape index (κ2) is 8.30. The van der Waals surface area contributed by atoms with Gasteiger partial charge in [-0.15, -0.1) is 0 Å². The second-order valence-electron chi connectivity index (χ2n) is 8.35. The van der Waals surface area contributed by atoms with Crippen LogP contribution >= 0.6 is 0 Å². The van der Waals surface area contributed by atoms with Crippen LogP contribution < -0.4 is 14.4 Å². The van der Waals surface area contributed by atoms with Crippen LogP contribution in [0.4, 0.5) is 5.69 Å².